The average molecular weight is 235 g/mol. The van der Waals surface area contributed by atoms with E-state index in [1.54, 1.807) is 0 Å². The van der Waals surface area contributed by atoms with Gasteiger partial charge in [0.05, 0.1) is 0 Å². The van der Waals surface area contributed by atoms with Crippen molar-refractivity contribution in [3.63, 3.8) is 0 Å². The Balaban J connectivity index is 1.85. The van der Waals surface area contributed by atoms with Crippen LogP contribution in [0.1, 0.15) is 44.1 Å². The summed E-state index contributed by atoms with van der Waals surface area (Å²) in [5.74, 6) is 0. The Morgan fingerprint density at radius 2 is 1.47 bits per heavy atom. The average Bonchev–Trinajstić information content (AvgIpc) is 2.38. The molecule has 0 saturated heterocycles. The third kappa shape index (κ3) is 7.94. The molecule has 0 atom stereocenters. The van der Waals surface area contributed by atoms with Crippen molar-refractivity contribution in [3.8, 4) is 0 Å². The Labute approximate surface area is 105 Å². The summed E-state index contributed by atoms with van der Waals surface area (Å²) in [6.45, 7) is 2.43. The lowest BCUT2D eigenvalue weighted by Gasteiger charge is -2.04. The van der Waals surface area contributed by atoms with Crippen LogP contribution in [0.2, 0.25) is 0 Å². The molecule has 2 N–H and O–H groups in total. The predicted octanol–water partition coefficient (Wildman–Crippen LogP) is 3.11. The highest BCUT2D eigenvalue weighted by molar-refractivity contribution is 5.14. The number of hydrogen-bond donors (Lipinski definition) is 2. The molecule has 96 valence electrons. The zero-order valence-electron chi connectivity index (χ0n) is 10.7. The van der Waals surface area contributed by atoms with Crippen molar-refractivity contribution in [3.05, 3.63) is 35.9 Å². The van der Waals surface area contributed by atoms with Gasteiger partial charge < -0.3 is 10.4 Å². The van der Waals surface area contributed by atoms with E-state index >= 15 is 0 Å². The van der Waals surface area contributed by atoms with Gasteiger partial charge in [0.2, 0.25) is 0 Å². The highest BCUT2D eigenvalue weighted by atomic mass is 16.2. The molecule has 2 nitrogen and oxygen atoms in total. The first-order valence-electron chi connectivity index (χ1n) is 6.79. The first kappa shape index (κ1) is 14.2. The standard InChI is InChI=1S/C15H25NO/c17-13-9-4-2-1-3-8-12-16-14-15-10-6-5-7-11-15/h5-7,10-11,16-17H,1-4,8-9,12-14H2. The molecule has 0 aromatic heterocycles. The van der Waals surface area contributed by atoms with E-state index in [1.165, 1.54) is 37.7 Å². The van der Waals surface area contributed by atoms with Gasteiger partial charge in [-0.2, -0.15) is 0 Å². The summed E-state index contributed by atoms with van der Waals surface area (Å²) >= 11 is 0. The van der Waals surface area contributed by atoms with Gasteiger partial charge in [0.15, 0.2) is 0 Å². The van der Waals surface area contributed by atoms with Crippen LogP contribution >= 0.6 is 0 Å². The molecule has 0 saturated carbocycles. The maximum atomic E-state index is 8.64. The van der Waals surface area contributed by atoms with E-state index in [2.05, 4.69) is 35.6 Å². The summed E-state index contributed by atoms with van der Waals surface area (Å²) in [7, 11) is 0. The van der Waals surface area contributed by atoms with Crippen LogP contribution in [0, 0.1) is 0 Å². The number of rotatable bonds is 10. The van der Waals surface area contributed by atoms with Gasteiger partial charge in [-0.25, -0.2) is 0 Å². The zero-order chi connectivity index (χ0) is 12.2. The molecule has 17 heavy (non-hydrogen) atoms. The van der Waals surface area contributed by atoms with Gasteiger partial charge in [-0.15, -0.1) is 0 Å². The molecule has 1 aromatic rings. The first-order valence-corrected chi connectivity index (χ1v) is 6.79. The topological polar surface area (TPSA) is 32.3 Å². The second-order valence-corrected chi connectivity index (χ2v) is 4.51. The second-order valence-electron chi connectivity index (χ2n) is 4.51. The molecular formula is C15H25NO. The van der Waals surface area contributed by atoms with Crippen LogP contribution in [-0.4, -0.2) is 18.3 Å². The summed E-state index contributed by atoms with van der Waals surface area (Å²) < 4.78 is 0. The highest BCUT2D eigenvalue weighted by Crippen LogP contribution is 2.04. The summed E-state index contributed by atoms with van der Waals surface area (Å²) in [6, 6.07) is 10.5. The molecule has 0 aliphatic carbocycles. The van der Waals surface area contributed by atoms with Crippen molar-refractivity contribution >= 4 is 0 Å². The fourth-order valence-corrected chi connectivity index (χ4v) is 1.90. The maximum Gasteiger partial charge on any atom is 0.0431 e. The third-order valence-corrected chi connectivity index (χ3v) is 2.93. The fourth-order valence-electron chi connectivity index (χ4n) is 1.90. The van der Waals surface area contributed by atoms with Crippen molar-refractivity contribution in [1.82, 2.24) is 5.32 Å². The van der Waals surface area contributed by atoms with Crippen molar-refractivity contribution in [1.29, 1.82) is 0 Å². The van der Waals surface area contributed by atoms with Crippen LogP contribution in [0.3, 0.4) is 0 Å². The molecule has 2 heteroatoms. The van der Waals surface area contributed by atoms with Crippen LogP contribution in [0.25, 0.3) is 0 Å². The minimum Gasteiger partial charge on any atom is -0.396 e. The fraction of sp³-hybridized carbons (Fsp3) is 0.600. The summed E-state index contributed by atoms with van der Waals surface area (Å²) in [4.78, 5) is 0. The molecule has 0 unspecified atom stereocenters. The first-order chi connectivity index (χ1) is 8.43. The lowest BCUT2D eigenvalue weighted by molar-refractivity contribution is 0.282. The largest absolute Gasteiger partial charge is 0.396 e. The minimum atomic E-state index is 0.346. The van der Waals surface area contributed by atoms with Gasteiger partial charge in [0.25, 0.3) is 0 Å². The van der Waals surface area contributed by atoms with Gasteiger partial charge >= 0.3 is 0 Å². The highest BCUT2D eigenvalue weighted by Gasteiger charge is 1.92. The number of aliphatic hydroxyl groups excluding tert-OH is 1. The molecule has 0 heterocycles. The molecule has 1 aromatic carbocycles. The van der Waals surface area contributed by atoms with Crippen molar-refractivity contribution in [2.45, 2.75) is 45.1 Å². The SMILES string of the molecule is OCCCCCCCCNCc1ccccc1. The lowest BCUT2D eigenvalue weighted by Crippen LogP contribution is -2.14. The van der Waals surface area contributed by atoms with E-state index in [0.717, 1.165) is 19.5 Å². The summed E-state index contributed by atoms with van der Waals surface area (Å²) in [6.07, 6.45) is 7.26. The van der Waals surface area contributed by atoms with E-state index in [9.17, 15) is 0 Å². The van der Waals surface area contributed by atoms with E-state index in [0.29, 0.717) is 6.61 Å². The predicted molar refractivity (Wildman–Crippen MR) is 72.9 cm³/mol. The Hall–Kier alpha value is -0.860. The van der Waals surface area contributed by atoms with Crippen LogP contribution in [0.5, 0.6) is 0 Å². The van der Waals surface area contributed by atoms with Gasteiger partial charge in [0, 0.05) is 13.2 Å². The van der Waals surface area contributed by atoms with Crippen LogP contribution < -0.4 is 5.32 Å². The third-order valence-electron chi connectivity index (χ3n) is 2.93. The summed E-state index contributed by atoms with van der Waals surface area (Å²) in [5.41, 5.74) is 1.36. The van der Waals surface area contributed by atoms with E-state index < -0.39 is 0 Å². The van der Waals surface area contributed by atoms with E-state index in [4.69, 9.17) is 5.11 Å². The quantitative estimate of drug-likeness (QED) is 0.611. The van der Waals surface area contributed by atoms with Gasteiger partial charge in [-0.05, 0) is 24.9 Å². The molecule has 0 fully saturated rings. The molecular weight excluding hydrogens is 210 g/mol. The molecule has 0 spiro atoms. The molecule has 0 bridgehead atoms. The normalized spacial score (nSPS) is 10.6. The van der Waals surface area contributed by atoms with Crippen molar-refractivity contribution in [2.75, 3.05) is 13.2 Å². The Morgan fingerprint density at radius 1 is 0.824 bits per heavy atom. The smallest absolute Gasteiger partial charge is 0.0431 e. The minimum absolute atomic E-state index is 0.346. The molecule has 0 radical (unpaired) electrons. The van der Waals surface area contributed by atoms with Crippen molar-refractivity contribution < 1.29 is 5.11 Å². The Bertz CT molecular complexity index is 261. The molecule has 0 amide bonds. The van der Waals surface area contributed by atoms with Crippen molar-refractivity contribution in [2.24, 2.45) is 0 Å². The number of nitrogens with one attached hydrogen (secondary N) is 1. The summed E-state index contributed by atoms with van der Waals surface area (Å²) in [5, 5.41) is 12.1. The Morgan fingerprint density at radius 3 is 2.18 bits per heavy atom. The van der Waals surface area contributed by atoms with Gasteiger partial charge in [-0.1, -0.05) is 56.0 Å². The molecule has 0 aliphatic heterocycles. The monoisotopic (exact) mass is 235 g/mol. The lowest BCUT2D eigenvalue weighted by atomic mass is 10.1. The second kappa shape index (κ2) is 10.3. The number of benzene rings is 1. The van der Waals surface area contributed by atoms with Crippen LogP contribution in [0.4, 0.5) is 0 Å². The maximum absolute atomic E-state index is 8.64. The van der Waals surface area contributed by atoms with Crippen LogP contribution in [-0.2, 0) is 6.54 Å². The number of unbranched alkanes of at least 4 members (excludes halogenated alkanes) is 5. The van der Waals surface area contributed by atoms with E-state index in [-0.39, 0.29) is 0 Å². The Kier molecular flexibility index (Phi) is 8.61. The number of aliphatic hydroxyl groups is 1. The van der Waals surface area contributed by atoms with Crippen LogP contribution in [0.15, 0.2) is 30.3 Å². The number of hydrogen-bond acceptors (Lipinski definition) is 2. The zero-order valence-corrected chi connectivity index (χ0v) is 10.7. The van der Waals surface area contributed by atoms with Gasteiger partial charge in [0.1, 0.15) is 0 Å². The van der Waals surface area contributed by atoms with E-state index in [1.807, 2.05) is 0 Å². The van der Waals surface area contributed by atoms with Gasteiger partial charge in [-0.3, -0.25) is 0 Å². The molecule has 0 aliphatic rings. The molecule has 1 rings (SSSR count).